The summed E-state index contributed by atoms with van der Waals surface area (Å²) in [5.74, 6) is 0.478. The Balaban J connectivity index is 2.21. The second kappa shape index (κ2) is 8.37. The molecule has 2 rings (SSSR count). The molecule has 1 aromatic heterocycles. The van der Waals surface area contributed by atoms with Crippen molar-refractivity contribution in [1.82, 2.24) is 14.5 Å². The normalized spacial score (nSPS) is 13.0. The number of rotatable bonds is 6. The Kier molecular flexibility index (Phi) is 6.65. The van der Waals surface area contributed by atoms with Gasteiger partial charge in [0.2, 0.25) is 0 Å². The van der Waals surface area contributed by atoms with Gasteiger partial charge in [-0.1, -0.05) is 6.07 Å². The lowest BCUT2D eigenvalue weighted by Crippen LogP contribution is -2.35. The van der Waals surface area contributed by atoms with Crippen LogP contribution < -0.4 is 0 Å². The van der Waals surface area contributed by atoms with Gasteiger partial charge in [-0.05, 0) is 55.3 Å². The van der Waals surface area contributed by atoms with E-state index in [0.717, 1.165) is 15.5 Å². The first-order valence-corrected chi connectivity index (χ1v) is 9.28. The van der Waals surface area contributed by atoms with Gasteiger partial charge in [0.15, 0.2) is 0 Å². The molecule has 26 heavy (non-hydrogen) atoms. The molecule has 7 nitrogen and oxygen atoms in total. The first-order valence-electron chi connectivity index (χ1n) is 8.49. The first-order chi connectivity index (χ1) is 12.2. The van der Waals surface area contributed by atoms with E-state index in [4.69, 9.17) is 4.74 Å². The van der Waals surface area contributed by atoms with Gasteiger partial charge in [-0.2, -0.15) is 0 Å². The minimum absolute atomic E-state index is 0.137. The number of aromatic nitrogens is 2. The lowest BCUT2D eigenvalue weighted by atomic mass is 10.2. The molecule has 0 fully saturated rings. The summed E-state index contributed by atoms with van der Waals surface area (Å²) in [7, 11) is 1.66. The van der Waals surface area contributed by atoms with Gasteiger partial charge >= 0.3 is 6.09 Å². The average molecular weight is 428 g/mol. The third-order valence-electron chi connectivity index (χ3n) is 3.95. The van der Waals surface area contributed by atoms with Crippen LogP contribution in [0.25, 0.3) is 11.0 Å². The predicted molar refractivity (Wildman–Crippen MR) is 103 cm³/mol. The van der Waals surface area contributed by atoms with Gasteiger partial charge in [0.25, 0.3) is 0 Å². The number of para-hydroxylation sites is 1. The number of ether oxygens (including phenoxy) is 1. The summed E-state index contributed by atoms with van der Waals surface area (Å²) in [6.45, 7) is 5.48. The van der Waals surface area contributed by atoms with Gasteiger partial charge < -0.3 is 24.4 Å². The van der Waals surface area contributed by atoms with Crippen molar-refractivity contribution >= 4 is 33.1 Å². The molecule has 1 amide bonds. The molecule has 0 spiro atoms. The Labute approximate surface area is 161 Å². The molecule has 1 unspecified atom stereocenters. The number of nitrogens with zero attached hydrogens (tertiary/aromatic N) is 3. The minimum Gasteiger partial charge on any atom is -0.444 e. The van der Waals surface area contributed by atoms with Crippen LogP contribution >= 0.6 is 15.9 Å². The molecule has 2 aromatic rings. The number of carbonyl (C=O) groups excluding carboxylic acids is 1. The first kappa shape index (κ1) is 20.7. The summed E-state index contributed by atoms with van der Waals surface area (Å²) in [5, 5.41) is 19.6. The van der Waals surface area contributed by atoms with E-state index >= 15 is 0 Å². The molecule has 0 aliphatic carbocycles. The quantitative estimate of drug-likeness (QED) is 0.739. The maximum atomic E-state index is 12.1. The summed E-state index contributed by atoms with van der Waals surface area (Å²) < 4.78 is 8.02. The van der Waals surface area contributed by atoms with Crippen molar-refractivity contribution in [2.75, 3.05) is 20.2 Å². The van der Waals surface area contributed by atoms with Crippen molar-refractivity contribution in [3.05, 3.63) is 28.5 Å². The molecule has 1 aromatic carbocycles. The smallest absolute Gasteiger partial charge is 0.410 e. The Bertz CT molecular complexity index is 770. The Morgan fingerprint density at radius 1 is 1.38 bits per heavy atom. The van der Waals surface area contributed by atoms with E-state index in [-0.39, 0.29) is 19.3 Å². The zero-order chi connectivity index (χ0) is 19.5. The van der Waals surface area contributed by atoms with E-state index < -0.39 is 11.7 Å². The number of benzene rings is 1. The predicted octanol–water partition coefficient (Wildman–Crippen LogP) is 3.08. The second-order valence-corrected chi connectivity index (χ2v) is 8.05. The van der Waals surface area contributed by atoms with Crippen LogP contribution in [-0.2, 0) is 11.3 Å². The van der Waals surface area contributed by atoms with E-state index in [9.17, 15) is 15.0 Å². The molecule has 1 atom stereocenters. The van der Waals surface area contributed by atoms with Crippen LogP contribution in [0.3, 0.4) is 0 Å². The molecule has 0 radical (unpaired) electrons. The van der Waals surface area contributed by atoms with E-state index in [1.54, 1.807) is 7.05 Å². The lowest BCUT2D eigenvalue weighted by molar-refractivity contribution is 0.0286. The van der Waals surface area contributed by atoms with Crippen molar-refractivity contribution < 1.29 is 19.7 Å². The summed E-state index contributed by atoms with van der Waals surface area (Å²) in [4.78, 5) is 18.0. The number of hydrogen-bond donors (Lipinski definition) is 2. The number of hydrogen-bond acceptors (Lipinski definition) is 5. The van der Waals surface area contributed by atoms with Crippen molar-refractivity contribution in [3.63, 3.8) is 0 Å². The van der Waals surface area contributed by atoms with Gasteiger partial charge in [-0.3, -0.25) is 0 Å². The highest BCUT2D eigenvalue weighted by Gasteiger charge is 2.23. The summed E-state index contributed by atoms with van der Waals surface area (Å²) in [6.07, 6.45) is 0.0831. The molecule has 1 heterocycles. The Hall–Kier alpha value is -1.64. The number of carbonyl (C=O) groups is 1. The third-order valence-corrected chi connectivity index (χ3v) is 4.59. The van der Waals surface area contributed by atoms with E-state index in [1.807, 2.05) is 43.5 Å². The third kappa shape index (κ3) is 4.75. The van der Waals surface area contributed by atoms with Crippen molar-refractivity contribution in [2.45, 2.75) is 45.4 Å². The standard InChI is InChI=1S/C18H26BrN3O4/c1-18(2,3)26-17(25)21(4)9-8-12(10-23)22-15(11-24)20-14-7-5-6-13(19)16(14)22/h5-7,12,23-24H,8-11H2,1-4H3. The molecule has 0 bridgehead atoms. The largest absolute Gasteiger partial charge is 0.444 e. The second-order valence-electron chi connectivity index (χ2n) is 7.19. The average Bonchev–Trinajstić information content (AvgIpc) is 2.93. The molecule has 0 saturated carbocycles. The van der Waals surface area contributed by atoms with Crippen LogP contribution in [0, 0.1) is 0 Å². The zero-order valence-corrected chi connectivity index (χ0v) is 17.2. The molecule has 0 aliphatic rings. The van der Waals surface area contributed by atoms with Crippen molar-refractivity contribution in [3.8, 4) is 0 Å². The topological polar surface area (TPSA) is 87.8 Å². The van der Waals surface area contributed by atoms with E-state index in [2.05, 4.69) is 20.9 Å². The van der Waals surface area contributed by atoms with Gasteiger partial charge in [0, 0.05) is 18.1 Å². The van der Waals surface area contributed by atoms with Crippen LogP contribution in [0.5, 0.6) is 0 Å². The fourth-order valence-electron chi connectivity index (χ4n) is 2.74. The fourth-order valence-corrected chi connectivity index (χ4v) is 3.28. The molecular weight excluding hydrogens is 402 g/mol. The van der Waals surface area contributed by atoms with Crippen molar-refractivity contribution in [2.24, 2.45) is 0 Å². The van der Waals surface area contributed by atoms with E-state index in [0.29, 0.717) is 18.8 Å². The number of fused-ring (bicyclic) bond motifs is 1. The van der Waals surface area contributed by atoms with Crippen LogP contribution in [0.4, 0.5) is 4.79 Å². The summed E-state index contributed by atoms with van der Waals surface area (Å²) in [5.41, 5.74) is 0.995. The summed E-state index contributed by atoms with van der Waals surface area (Å²) in [6, 6.07) is 5.29. The maximum absolute atomic E-state index is 12.1. The number of imidazole rings is 1. The lowest BCUT2D eigenvalue weighted by Gasteiger charge is -2.26. The van der Waals surface area contributed by atoms with Crippen LogP contribution in [0.1, 0.15) is 39.1 Å². The number of aliphatic hydroxyl groups is 2. The number of halogens is 1. The molecule has 0 saturated heterocycles. The molecule has 2 N–H and O–H groups in total. The van der Waals surface area contributed by atoms with Crippen molar-refractivity contribution in [1.29, 1.82) is 0 Å². The van der Waals surface area contributed by atoms with Crippen LogP contribution in [0.2, 0.25) is 0 Å². The fraction of sp³-hybridized carbons (Fsp3) is 0.556. The highest BCUT2D eigenvalue weighted by Crippen LogP contribution is 2.29. The SMILES string of the molecule is CN(CCC(CO)n1c(CO)nc2cccc(Br)c21)C(=O)OC(C)(C)C. The minimum atomic E-state index is -0.558. The molecule has 0 aliphatic heterocycles. The Morgan fingerprint density at radius 3 is 2.65 bits per heavy atom. The van der Waals surface area contributed by atoms with Gasteiger partial charge in [0.05, 0.1) is 23.7 Å². The van der Waals surface area contributed by atoms with Gasteiger partial charge in [-0.25, -0.2) is 9.78 Å². The van der Waals surface area contributed by atoms with Gasteiger partial charge in [-0.15, -0.1) is 0 Å². The van der Waals surface area contributed by atoms with Crippen LogP contribution in [0.15, 0.2) is 22.7 Å². The molecule has 8 heteroatoms. The monoisotopic (exact) mass is 427 g/mol. The number of amides is 1. The maximum Gasteiger partial charge on any atom is 0.410 e. The molecule has 144 valence electrons. The van der Waals surface area contributed by atoms with Crippen LogP contribution in [-0.4, -0.2) is 56.6 Å². The highest BCUT2D eigenvalue weighted by atomic mass is 79.9. The zero-order valence-electron chi connectivity index (χ0n) is 15.6. The number of aliphatic hydroxyl groups excluding tert-OH is 2. The van der Waals surface area contributed by atoms with E-state index in [1.165, 1.54) is 4.90 Å². The Morgan fingerprint density at radius 2 is 2.08 bits per heavy atom. The van der Waals surface area contributed by atoms with Gasteiger partial charge in [0.1, 0.15) is 18.0 Å². The summed E-state index contributed by atoms with van der Waals surface area (Å²) >= 11 is 3.52. The molecular formula is C18H26BrN3O4. The highest BCUT2D eigenvalue weighted by molar-refractivity contribution is 9.10.